The zero-order valence-corrected chi connectivity index (χ0v) is 12.9. The van der Waals surface area contributed by atoms with Gasteiger partial charge in [-0.1, -0.05) is 6.92 Å². The predicted octanol–water partition coefficient (Wildman–Crippen LogP) is 2.36. The second-order valence-corrected chi connectivity index (χ2v) is 4.85. The molecule has 4 nitrogen and oxygen atoms in total. The minimum atomic E-state index is 0.334. The highest BCUT2D eigenvalue weighted by atomic mass is 16.5. The van der Waals surface area contributed by atoms with Crippen LogP contribution in [0.3, 0.4) is 0 Å². The number of aromatic nitrogens is 1. The van der Waals surface area contributed by atoms with E-state index in [1.54, 1.807) is 7.11 Å². The van der Waals surface area contributed by atoms with Crippen LogP contribution in [0.25, 0.3) is 0 Å². The molecule has 0 amide bonds. The van der Waals surface area contributed by atoms with Crippen molar-refractivity contribution in [3.63, 3.8) is 0 Å². The number of ether oxygens (including phenoxy) is 1. The normalized spacial score (nSPS) is 12.5. The molecule has 0 radical (unpaired) electrons. The number of nitrogens with zero attached hydrogens (tertiary/aromatic N) is 2. The van der Waals surface area contributed by atoms with Gasteiger partial charge in [-0.2, -0.15) is 0 Å². The van der Waals surface area contributed by atoms with Crippen LogP contribution in [-0.2, 0) is 11.3 Å². The van der Waals surface area contributed by atoms with Crippen LogP contribution in [0.1, 0.15) is 31.9 Å². The van der Waals surface area contributed by atoms with Gasteiger partial charge in [-0.15, -0.1) is 0 Å². The van der Waals surface area contributed by atoms with Gasteiger partial charge in [0.15, 0.2) is 0 Å². The van der Waals surface area contributed by atoms with Crippen molar-refractivity contribution in [2.75, 3.05) is 31.7 Å². The van der Waals surface area contributed by atoms with E-state index in [9.17, 15) is 0 Å². The second-order valence-electron chi connectivity index (χ2n) is 4.85. The van der Waals surface area contributed by atoms with Gasteiger partial charge in [-0.25, -0.2) is 4.98 Å². The number of aryl methyl sites for hydroxylation is 1. The van der Waals surface area contributed by atoms with Crippen LogP contribution in [-0.4, -0.2) is 37.8 Å². The van der Waals surface area contributed by atoms with Crippen molar-refractivity contribution in [1.29, 1.82) is 0 Å². The first-order valence-electron chi connectivity index (χ1n) is 7.05. The lowest BCUT2D eigenvalue weighted by Gasteiger charge is -2.30. The summed E-state index contributed by atoms with van der Waals surface area (Å²) in [7, 11) is 1.74. The maximum Gasteiger partial charge on any atom is 0.131 e. The van der Waals surface area contributed by atoms with Gasteiger partial charge >= 0.3 is 0 Å². The zero-order valence-electron chi connectivity index (χ0n) is 12.9. The molecule has 0 fully saturated rings. The van der Waals surface area contributed by atoms with E-state index in [0.29, 0.717) is 12.6 Å². The third-order valence-corrected chi connectivity index (χ3v) is 3.24. The Kier molecular flexibility index (Phi) is 6.81. The number of pyridine rings is 1. The van der Waals surface area contributed by atoms with Crippen LogP contribution in [0.4, 0.5) is 5.82 Å². The fourth-order valence-electron chi connectivity index (χ4n) is 2.29. The first-order valence-corrected chi connectivity index (χ1v) is 7.05. The summed E-state index contributed by atoms with van der Waals surface area (Å²) in [5, 5.41) is 3.32. The second kappa shape index (κ2) is 8.12. The molecule has 0 bridgehead atoms. The van der Waals surface area contributed by atoms with Crippen molar-refractivity contribution in [3.05, 3.63) is 23.4 Å². The summed E-state index contributed by atoms with van der Waals surface area (Å²) in [5.74, 6) is 1.06. The van der Waals surface area contributed by atoms with Gasteiger partial charge in [0.25, 0.3) is 0 Å². The number of likely N-dealkylation sites (N-methyl/N-ethyl adjacent to an activating group) is 1. The van der Waals surface area contributed by atoms with E-state index in [2.05, 4.69) is 49.0 Å². The Balaban J connectivity index is 2.86. The third-order valence-electron chi connectivity index (χ3n) is 3.24. The summed E-state index contributed by atoms with van der Waals surface area (Å²) in [4.78, 5) is 6.92. The predicted molar refractivity (Wildman–Crippen MR) is 80.7 cm³/mol. The summed E-state index contributed by atoms with van der Waals surface area (Å²) < 4.78 is 5.25. The molecule has 1 rings (SSSR count). The highest BCUT2D eigenvalue weighted by molar-refractivity contribution is 5.48. The summed E-state index contributed by atoms with van der Waals surface area (Å²) in [6.07, 6.45) is 1.97. The maximum absolute atomic E-state index is 5.25. The van der Waals surface area contributed by atoms with Gasteiger partial charge in [0.1, 0.15) is 5.82 Å². The van der Waals surface area contributed by atoms with Gasteiger partial charge in [0.2, 0.25) is 0 Å². The number of rotatable bonds is 8. The Morgan fingerprint density at radius 1 is 1.42 bits per heavy atom. The largest absolute Gasteiger partial charge is 0.383 e. The molecular formula is C15H27N3O. The molecule has 1 heterocycles. The molecule has 0 aliphatic carbocycles. The van der Waals surface area contributed by atoms with E-state index in [0.717, 1.165) is 25.5 Å². The Morgan fingerprint density at radius 3 is 2.68 bits per heavy atom. The molecule has 1 aromatic heterocycles. The van der Waals surface area contributed by atoms with Gasteiger partial charge in [0.05, 0.1) is 12.6 Å². The van der Waals surface area contributed by atoms with Crippen molar-refractivity contribution in [1.82, 2.24) is 10.3 Å². The van der Waals surface area contributed by atoms with Gasteiger partial charge in [-0.3, -0.25) is 0 Å². The molecule has 1 aromatic rings. The average Bonchev–Trinajstić information content (AvgIpc) is 2.39. The van der Waals surface area contributed by atoms with Crippen molar-refractivity contribution in [2.45, 2.75) is 40.3 Å². The smallest absolute Gasteiger partial charge is 0.131 e. The SMILES string of the molecule is CCNCc1cnc(N(CC)C(C)COC)c(C)c1. The van der Waals surface area contributed by atoms with E-state index in [4.69, 9.17) is 4.74 Å². The van der Waals surface area contributed by atoms with Crippen LogP contribution in [0.5, 0.6) is 0 Å². The lowest BCUT2D eigenvalue weighted by atomic mass is 10.1. The number of hydrogen-bond acceptors (Lipinski definition) is 4. The molecule has 0 aliphatic heterocycles. The fourth-order valence-corrected chi connectivity index (χ4v) is 2.29. The molecule has 1 N–H and O–H groups in total. The van der Waals surface area contributed by atoms with Gasteiger partial charge < -0.3 is 15.0 Å². The summed E-state index contributed by atoms with van der Waals surface area (Å²) >= 11 is 0. The van der Waals surface area contributed by atoms with Crippen molar-refractivity contribution in [2.24, 2.45) is 0 Å². The lowest BCUT2D eigenvalue weighted by Crippen LogP contribution is -2.37. The van der Waals surface area contributed by atoms with E-state index in [-0.39, 0.29) is 0 Å². The minimum Gasteiger partial charge on any atom is -0.383 e. The minimum absolute atomic E-state index is 0.334. The Hall–Kier alpha value is -1.13. The van der Waals surface area contributed by atoms with Gasteiger partial charge in [-0.05, 0) is 44.5 Å². The van der Waals surface area contributed by atoms with Gasteiger partial charge in [0, 0.05) is 26.4 Å². The lowest BCUT2D eigenvalue weighted by molar-refractivity contribution is 0.181. The average molecular weight is 265 g/mol. The van der Waals surface area contributed by atoms with Crippen LogP contribution >= 0.6 is 0 Å². The van der Waals surface area contributed by atoms with Crippen LogP contribution in [0.2, 0.25) is 0 Å². The first kappa shape index (κ1) is 15.9. The summed E-state index contributed by atoms with van der Waals surface area (Å²) in [6.45, 7) is 12.1. The molecule has 1 unspecified atom stereocenters. The van der Waals surface area contributed by atoms with E-state index in [1.807, 2.05) is 6.20 Å². The quantitative estimate of drug-likeness (QED) is 0.783. The fraction of sp³-hybridized carbons (Fsp3) is 0.667. The number of nitrogens with one attached hydrogen (secondary N) is 1. The molecular weight excluding hydrogens is 238 g/mol. The van der Waals surface area contributed by atoms with Crippen molar-refractivity contribution >= 4 is 5.82 Å². The van der Waals surface area contributed by atoms with E-state index < -0.39 is 0 Å². The molecule has 0 aliphatic rings. The highest BCUT2D eigenvalue weighted by Gasteiger charge is 2.16. The number of hydrogen-bond donors (Lipinski definition) is 1. The molecule has 0 spiro atoms. The molecule has 1 atom stereocenters. The Bertz CT molecular complexity index is 382. The summed E-state index contributed by atoms with van der Waals surface area (Å²) in [6, 6.07) is 2.55. The summed E-state index contributed by atoms with van der Waals surface area (Å²) in [5.41, 5.74) is 2.46. The molecule has 4 heteroatoms. The Labute approximate surface area is 117 Å². The monoisotopic (exact) mass is 265 g/mol. The molecule has 19 heavy (non-hydrogen) atoms. The molecule has 0 saturated carbocycles. The molecule has 0 saturated heterocycles. The number of methoxy groups -OCH3 is 1. The maximum atomic E-state index is 5.25. The molecule has 108 valence electrons. The van der Waals surface area contributed by atoms with E-state index >= 15 is 0 Å². The van der Waals surface area contributed by atoms with E-state index in [1.165, 1.54) is 11.1 Å². The highest BCUT2D eigenvalue weighted by Crippen LogP contribution is 2.20. The van der Waals surface area contributed by atoms with Crippen molar-refractivity contribution in [3.8, 4) is 0 Å². The topological polar surface area (TPSA) is 37.4 Å². The van der Waals surface area contributed by atoms with Crippen molar-refractivity contribution < 1.29 is 4.74 Å². The third kappa shape index (κ3) is 4.48. The standard InChI is InChI=1S/C15H27N3O/c1-6-16-9-14-8-12(3)15(17-10-14)18(7-2)13(4)11-19-5/h8,10,13,16H,6-7,9,11H2,1-5H3. The number of anilines is 1. The first-order chi connectivity index (χ1) is 9.13. The Morgan fingerprint density at radius 2 is 2.16 bits per heavy atom. The van der Waals surface area contributed by atoms with Crippen LogP contribution in [0.15, 0.2) is 12.3 Å². The van der Waals surface area contributed by atoms with Crippen LogP contribution in [0, 0.1) is 6.92 Å². The molecule has 0 aromatic carbocycles. The zero-order chi connectivity index (χ0) is 14.3. The van der Waals surface area contributed by atoms with Crippen LogP contribution < -0.4 is 10.2 Å².